The lowest BCUT2D eigenvalue weighted by molar-refractivity contribution is -0.144. The number of carbonyl (C=O) groups excluding carboxylic acids is 2. The molecule has 1 unspecified atom stereocenters. The van der Waals surface area contributed by atoms with Gasteiger partial charge in [0.15, 0.2) is 0 Å². The number of fused-ring (bicyclic) bond motifs is 1. The van der Waals surface area contributed by atoms with Crippen LogP contribution in [0.25, 0.3) is 11.1 Å². The van der Waals surface area contributed by atoms with Crippen LogP contribution in [0.1, 0.15) is 13.3 Å². The second-order valence-electron chi connectivity index (χ2n) is 4.83. The van der Waals surface area contributed by atoms with Crippen molar-refractivity contribution in [3.63, 3.8) is 0 Å². The van der Waals surface area contributed by atoms with E-state index in [1.54, 1.807) is 5.32 Å². The van der Waals surface area contributed by atoms with Crippen LogP contribution in [0.5, 0.6) is 0 Å². The van der Waals surface area contributed by atoms with E-state index in [9.17, 15) is 26.4 Å². The van der Waals surface area contributed by atoms with Gasteiger partial charge in [0.2, 0.25) is 11.8 Å². The lowest BCUT2D eigenvalue weighted by Crippen LogP contribution is -2.76. The van der Waals surface area contributed by atoms with E-state index < -0.39 is 48.0 Å². The van der Waals surface area contributed by atoms with Crippen molar-refractivity contribution in [1.29, 1.82) is 0 Å². The first kappa shape index (κ1) is 17.3. The summed E-state index contributed by atoms with van der Waals surface area (Å²) < 4.78 is 60.7. The summed E-state index contributed by atoms with van der Waals surface area (Å²) in [6.07, 6.45) is -0.995. The third-order valence-corrected chi connectivity index (χ3v) is 5.46. The monoisotopic (exact) mass is 364 g/mol. The molecule has 0 aromatic heterocycles. The first-order chi connectivity index (χ1) is 10.4. The largest absolute Gasteiger partial charge is 0.365 e. The van der Waals surface area contributed by atoms with E-state index in [4.69, 9.17) is 9.11 Å². The zero-order valence-corrected chi connectivity index (χ0v) is 13.3. The van der Waals surface area contributed by atoms with Gasteiger partial charge in [-0.3, -0.25) is 18.7 Å². The van der Waals surface area contributed by atoms with Crippen LogP contribution in [-0.2, 0) is 30.0 Å². The molecule has 1 fully saturated rings. The van der Waals surface area contributed by atoms with Crippen molar-refractivity contribution in [1.82, 2.24) is 9.62 Å². The van der Waals surface area contributed by atoms with E-state index in [-0.39, 0.29) is 0 Å². The number of carbonyl (C=O) groups is 2. The molecular weight excluding hydrogens is 352 g/mol. The van der Waals surface area contributed by atoms with Crippen LogP contribution < -0.4 is 5.32 Å². The van der Waals surface area contributed by atoms with Gasteiger partial charge in [-0.1, -0.05) is 18.2 Å². The molecule has 2 aliphatic carbocycles. The normalized spacial score (nSPS) is 21.7. The first-order valence-electron chi connectivity index (χ1n) is 6.05. The number of nitrogens with zero attached hydrogens (tertiary/aromatic N) is 1. The van der Waals surface area contributed by atoms with Gasteiger partial charge in [0.25, 0.3) is 4.99 Å². The van der Waals surface area contributed by atoms with Crippen LogP contribution >= 0.6 is 0 Å². The lowest BCUT2D eigenvalue weighted by atomic mass is 10.2. The van der Waals surface area contributed by atoms with Gasteiger partial charge < -0.3 is 5.32 Å². The smallest absolute Gasteiger partial charge is 0.317 e. The van der Waals surface area contributed by atoms with Gasteiger partial charge in [-0.25, -0.2) is 0 Å². The molecule has 3 N–H and O–H groups in total. The van der Waals surface area contributed by atoms with E-state index in [0.717, 1.165) is 6.92 Å². The van der Waals surface area contributed by atoms with Crippen LogP contribution in [0, 0.1) is 0 Å². The molecule has 10 nitrogen and oxygen atoms in total. The summed E-state index contributed by atoms with van der Waals surface area (Å²) in [5.74, 6) is -2.29. The maximum absolute atomic E-state index is 11.0. The molecule has 1 atom stereocenters. The van der Waals surface area contributed by atoms with Gasteiger partial charge in [0.1, 0.15) is 0 Å². The van der Waals surface area contributed by atoms with Crippen molar-refractivity contribution in [2.24, 2.45) is 0 Å². The highest BCUT2D eigenvalue weighted by atomic mass is 32.2. The minimum Gasteiger partial charge on any atom is -0.317 e. The highest BCUT2D eigenvalue weighted by Crippen LogP contribution is 2.36. The van der Waals surface area contributed by atoms with E-state index in [2.05, 4.69) is 24.3 Å². The molecule has 0 bridgehead atoms. The van der Waals surface area contributed by atoms with Crippen molar-refractivity contribution in [3.8, 4) is 11.1 Å². The molecule has 0 saturated carbocycles. The van der Waals surface area contributed by atoms with Gasteiger partial charge in [0, 0.05) is 6.92 Å². The maximum atomic E-state index is 11.0. The van der Waals surface area contributed by atoms with Gasteiger partial charge >= 0.3 is 20.4 Å². The van der Waals surface area contributed by atoms with Gasteiger partial charge in [-0.15, -0.1) is 0 Å². The van der Waals surface area contributed by atoms with E-state index in [0.29, 0.717) is 0 Å². The molecule has 0 aromatic rings. The predicted molar refractivity (Wildman–Crippen MR) is 76.5 cm³/mol. The topological polar surface area (TPSA) is 158 Å². The fourth-order valence-corrected chi connectivity index (χ4v) is 4.34. The first-order valence-corrected chi connectivity index (χ1v) is 8.89. The molecule has 0 spiro atoms. The summed E-state index contributed by atoms with van der Waals surface area (Å²) in [6.45, 7) is 0.845. The van der Waals surface area contributed by atoms with Crippen molar-refractivity contribution in [2.45, 2.75) is 18.3 Å². The summed E-state index contributed by atoms with van der Waals surface area (Å²) in [7, 11) is -10.4. The predicted octanol–water partition coefficient (Wildman–Crippen LogP) is -0.634. The fourth-order valence-electron chi connectivity index (χ4n) is 2.08. The molecule has 0 aromatic carbocycles. The van der Waals surface area contributed by atoms with Crippen LogP contribution in [0.4, 0.5) is 0 Å². The van der Waals surface area contributed by atoms with Crippen LogP contribution in [0.3, 0.4) is 0 Å². The second kappa shape index (κ2) is 5.26. The molecule has 23 heavy (non-hydrogen) atoms. The summed E-state index contributed by atoms with van der Waals surface area (Å²) in [5.41, 5.74) is 2.85. The number of nitrogens with one attached hydrogen (secondary N) is 1. The summed E-state index contributed by atoms with van der Waals surface area (Å²) in [5, 5.41) is 1.61. The van der Waals surface area contributed by atoms with Gasteiger partial charge in [0.05, 0.1) is 6.42 Å². The molecule has 3 aliphatic rings. The second-order valence-corrected chi connectivity index (χ2v) is 7.72. The Morgan fingerprint density at radius 2 is 1.74 bits per heavy atom. The number of hydrogen-bond acceptors (Lipinski definition) is 6. The molecule has 12 heteroatoms. The highest BCUT2D eigenvalue weighted by molar-refractivity contribution is 7.90. The SMILES string of the molecule is CC(=O)NC1(S(=O)(=O)O)CC(=O)N1S(=O)(=O)O.c1cc2cc-2c1. The fraction of sp³-hybridized carbons (Fsp3) is 0.273. The minimum absolute atomic E-state index is 0.503. The molecular formula is C11H12N2O8S2. The van der Waals surface area contributed by atoms with E-state index in [1.807, 2.05) is 0 Å². The number of amides is 2. The summed E-state index contributed by atoms with van der Waals surface area (Å²) in [4.78, 5) is 18.9. The van der Waals surface area contributed by atoms with Crippen molar-refractivity contribution >= 4 is 32.2 Å². The van der Waals surface area contributed by atoms with Gasteiger partial charge in [-0.2, -0.15) is 21.1 Å². The molecule has 2 amide bonds. The van der Waals surface area contributed by atoms with Crippen molar-refractivity contribution in [2.75, 3.05) is 0 Å². The Kier molecular flexibility index (Phi) is 3.97. The Morgan fingerprint density at radius 1 is 1.22 bits per heavy atom. The Bertz CT molecular complexity index is 875. The average Bonchev–Trinajstić information content (AvgIpc) is 2.91. The zero-order valence-electron chi connectivity index (χ0n) is 11.6. The molecule has 126 valence electrons. The van der Waals surface area contributed by atoms with Crippen LogP contribution in [0.2, 0.25) is 0 Å². The molecule has 3 rings (SSSR count). The average molecular weight is 364 g/mol. The number of rotatable bonds is 3. The van der Waals surface area contributed by atoms with E-state index >= 15 is 0 Å². The third kappa shape index (κ3) is 3.19. The Morgan fingerprint density at radius 3 is 1.96 bits per heavy atom. The minimum atomic E-state index is -5.22. The molecule has 1 aliphatic heterocycles. The summed E-state index contributed by atoms with van der Waals surface area (Å²) >= 11 is 0. The standard InChI is InChI=1S/C6H4.C5H8N2O8S2/c1-2-5-4-6(5)3-1;1-3(8)6-5(16(10,11)12)2-4(9)7(5)17(13,14)15/h1-4H;2H2,1H3,(H,6,8)(H,10,11,12)(H,13,14,15). The molecule has 1 heterocycles. The Balaban J connectivity index is 0.000000260. The maximum Gasteiger partial charge on any atom is 0.365 e. The van der Waals surface area contributed by atoms with Crippen LogP contribution in [0.15, 0.2) is 24.3 Å². The third-order valence-electron chi connectivity index (χ3n) is 3.09. The lowest BCUT2D eigenvalue weighted by Gasteiger charge is -2.45. The number of hydrogen-bond donors (Lipinski definition) is 3. The zero-order chi connectivity index (χ0) is 17.6. The van der Waals surface area contributed by atoms with Crippen LogP contribution in [-0.4, -0.2) is 47.1 Å². The summed E-state index contributed by atoms with van der Waals surface area (Å²) in [6, 6.07) is 8.48. The number of benzene rings is 1. The van der Waals surface area contributed by atoms with Crippen molar-refractivity contribution < 1.29 is 35.5 Å². The number of β-lactam (4-membered cyclic amide) rings is 1. The molecule has 0 radical (unpaired) electrons. The Hall–Kier alpha value is -2.02. The van der Waals surface area contributed by atoms with E-state index in [1.165, 1.54) is 11.1 Å². The highest BCUT2D eigenvalue weighted by Gasteiger charge is 2.66. The molecule has 1 saturated heterocycles. The van der Waals surface area contributed by atoms with Gasteiger partial charge in [-0.05, 0) is 17.2 Å². The van der Waals surface area contributed by atoms with Crippen molar-refractivity contribution in [3.05, 3.63) is 24.3 Å². The Labute approximate surface area is 131 Å². The quantitative estimate of drug-likeness (QED) is 0.479.